The lowest BCUT2D eigenvalue weighted by Crippen LogP contribution is -2.47. The van der Waals surface area contributed by atoms with Gasteiger partial charge < -0.3 is 15.4 Å². The van der Waals surface area contributed by atoms with Gasteiger partial charge in [0.1, 0.15) is 11.9 Å². The fourth-order valence-electron chi connectivity index (χ4n) is 2.48. The van der Waals surface area contributed by atoms with Gasteiger partial charge in [-0.3, -0.25) is 0 Å². The zero-order valence-corrected chi connectivity index (χ0v) is 14.1. The van der Waals surface area contributed by atoms with E-state index in [9.17, 15) is 9.18 Å². The Morgan fingerprint density at radius 3 is 3.05 bits per heavy atom. The van der Waals surface area contributed by atoms with Crippen molar-refractivity contribution in [2.24, 2.45) is 0 Å². The molecule has 1 aromatic carbocycles. The van der Waals surface area contributed by atoms with Crippen LogP contribution in [0.25, 0.3) is 0 Å². The Kier molecular flexibility index (Phi) is 6.35. The molecule has 122 valence electrons. The van der Waals surface area contributed by atoms with E-state index in [4.69, 9.17) is 16.3 Å². The lowest BCUT2D eigenvalue weighted by atomic mass is 10.0. The Labute approximate surface area is 139 Å². The smallest absolute Gasteiger partial charge is 0.315 e. The van der Waals surface area contributed by atoms with Gasteiger partial charge in [-0.2, -0.15) is 11.8 Å². The fraction of sp³-hybridized carbons (Fsp3) is 0.533. The Morgan fingerprint density at radius 2 is 2.36 bits per heavy atom. The summed E-state index contributed by atoms with van der Waals surface area (Å²) in [6.07, 6.45) is 2.33. The minimum absolute atomic E-state index is 0.0786. The first kappa shape index (κ1) is 17.4. The van der Waals surface area contributed by atoms with E-state index < -0.39 is 5.82 Å². The second kappa shape index (κ2) is 8.04. The molecule has 1 heterocycles. The summed E-state index contributed by atoms with van der Waals surface area (Å²) < 4.78 is 19.2. The SMILES string of the molecule is CSCC(C)NC(=O)N[C@@H]1CCO[C@H]1c1ccc(Cl)c(F)c1. The van der Waals surface area contributed by atoms with Gasteiger partial charge in [-0.15, -0.1) is 0 Å². The topological polar surface area (TPSA) is 50.4 Å². The second-order valence-corrected chi connectivity index (χ2v) is 6.65. The molecule has 1 fully saturated rings. The normalized spacial score (nSPS) is 22.4. The number of halogens is 2. The number of thioether (sulfide) groups is 1. The zero-order chi connectivity index (χ0) is 16.1. The molecule has 0 spiro atoms. The molecule has 1 saturated heterocycles. The number of hydrogen-bond acceptors (Lipinski definition) is 3. The fourth-order valence-corrected chi connectivity index (χ4v) is 3.18. The van der Waals surface area contributed by atoms with E-state index in [1.807, 2.05) is 13.2 Å². The highest BCUT2D eigenvalue weighted by Gasteiger charge is 2.31. The van der Waals surface area contributed by atoms with Crippen LogP contribution in [0.4, 0.5) is 9.18 Å². The van der Waals surface area contributed by atoms with Gasteiger partial charge in [-0.05, 0) is 37.3 Å². The summed E-state index contributed by atoms with van der Waals surface area (Å²) in [5.74, 6) is 0.368. The quantitative estimate of drug-likeness (QED) is 0.859. The molecule has 2 rings (SSSR count). The molecular weight excluding hydrogens is 327 g/mol. The van der Waals surface area contributed by atoms with Gasteiger partial charge in [0.05, 0.1) is 11.1 Å². The van der Waals surface area contributed by atoms with E-state index >= 15 is 0 Å². The lowest BCUT2D eigenvalue weighted by molar-refractivity contribution is 0.0996. The summed E-state index contributed by atoms with van der Waals surface area (Å²) in [6.45, 7) is 2.48. The number of carbonyl (C=O) groups excluding carboxylic acids is 1. The summed E-state index contributed by atoms with van der Waals surface area (Å²) in [7, 11) is 0. The third-order valence-electron chi connectivity index (χ3n) is 3.47. The summed E-state index contributed by atoms with van der Waals surface area (Å²) in [6, 6.07) is 4.28. The van der Waals surface area contributed by atoms with Crippen molar-refractivity contribution in [3.8, 4) is 0 Å². The first-order chi connectivity index (χ1) is 10.5. The number of carbonyl (C=O) groups is 1. The molecule has 7 heteroatoms. The van der Waals surface area contributed by atoms with Crippen molar-refractivity contribution in [3.05, 3.63) is 34.6 Å². The minimum atomic E-state index is -0.480. The van der Waals surface area contributed by atoms with Crippen molar-refractivity contribution in [1.29, 1.82) is 0 Å². The molecule has 2 amide bonds. The Bertz CT molecular complexity index is 532. The van der Waals surface area contributed by atoms with E-state index in [0.717, 1.165) is 5.75 Å². The number of benzene rings is 1. The van der Waals surface area contributed by atoms with Crippen LogP contribution in [0.2, 0.25) is 5.02 Å². The molecule has 4 nitrogen and oxygen atoms in total. The number of amides is 2. The highest BCUT2D eigenvalue weighted by molar-refractivity contribution is 7.98. The predicted molar refractivity (Wildman–Crippen MR) is 88.0 cm³/mol. The van der Waals surface area contributed by atoms with Crippen LogP contribution in [0.1, 0.15) is 25.0 Å². The molecule has 0 radical (unpaired) electrons. The summed E-state index contributed by atoms with van der Waals surface area (Å²) in [4.78, 5) is 12.0. The van der Waals surface area contributed by atoms with E-state index in [1.54, 1.807) is 17.8 Å². The van der Waals surface area contributed by atoms with Crippen LogP contribution < -0.4 is 10.6 Å². The van der Waals surface area contributed by atoms with Crippen LogP contribution in [0, 0.1) is 5.82 Å². The van der Waals surface area contributed by atoms with Gasteiger partial charge in [0.2, 0.25) is 0 Å². The maximum absolute atomic E-state index is 13.6. The number of hydrogen-bond donors (Lipinski definition) is 2. The van der Waals surface area contributed by atoms with Gasteiger partial charge in [0.25, 0.3) is 0 Å². The highest BCUT2D eigenvalue weighted by atomic mass is 35.5. The monoisotopic (exact) mass is 346 g/mol. The van der Waals surface area contributed by atoms with E-state index in [1.165, 1.54) is 12.1 Å². The molecule has 3 atom stereocenters. The molecule has 1 aliphatic rings. The molecule has 0 bridgehead atoms. The van der Waals surface area contributed by atoms with Gasteiger partial charge in [-0.25, -0.2) is 9.18 Å². The third-order valence-corrected chi connectivity index (χ3v) is 4.61. The predicted octanol–water partition coefficient (Wildman–Crippen LogP) is 3.36. The maximum Gasteiger partial charge on any atom is 0.315 e. The van der Waals surface area contributed by atoms with Gasteiger partial charge in [0, 0.05) is 18.4 Å². The Balaban J connectivity index is 1.98. The van der Waals surface area contributed by atoms with E-state index in [2.05, 4.69) is 10.6 Å². The number of urea groups is 1. The Morgan fingerprint density at radius 1 is 1.59 bits per heavy atom. The summed E-state index contributed by atoms with van der Waals surface area (Å²) >= 11 is 7.37. The first-order valence-electron chi connectivity index (χ1n) is 7.13. The third kappa shape index (κ3) is 4.51. The molecule has 0 aromatic heterocycles. The van der Waals surface area contributed by atoms with Gasteiger partial charge >= 0.3 is 6.03 Å². The average molecular weight is 347 g/mol. The van der Waals surface area contributed by atoms with Gasteiger partial charge in [-0.1, -0.05) is 17.7 Å². The number of ether oxygens (including phenoxy) is 1. The number of rotatable bonds is 5. The lowest BCUT2D eigenvalue weighted by Gasteiger charge is -2.22. The van der Waals surface area contributed by atoms with E-state index in [0.29, 0.717) is 18.6 Å². The van der Waals surface area contributed by atoms with Crippen molar-refractivity contribution >= 4 is 29.4 Å². The van der Waals surface area contributed by atoms with Crippen molar-refractivity contribution < 1.29 is 13.9 Å². The summed E-state index contributed by atoms with van der Waals surface area (Å²) in [5, 5.41) is 5.87. The van der Waals surface area contributed by atoms with Crippen molar-refractivity contribution in [2.45, 2.75) is 31.5 Å². The molecule has 22 heavy (non-hydrogen) atoms. The first-order valence-corrected chi connectivity index (χ1v) is 8.91. The van der Waals surface area contributed by atoms with Crippen LogP contribution in [0.15, 0.2) is 18.2 Å². The summed E-state index contributed by atoms with van der Waals surface area (Å²) in [5.41, 5.74) is 0.682. The number of nitrogens with one attached hydrogen (secondary N) is 2. The largest absolute Gasteiger partial charge is 0.371 e. The van der Waals surface area contributed by atoms with Crippen LogP contribution in [0.5, 0.6) is 0 Å². The van der Waals surface area contributed by atoms with Crippen LogP contribution in [-0.2, 0) is 4.74 Å². The van der Waals surface area contributed by atoms with E-state index in [-0.39, 0.29) is 29.2 Å². The molecule has 1 aromatic rings. The van der Waals surface area contributed by atoms with Crippen LogP contribution >= 0.6 is 23.4 Å². The average Bonchev–Trinajstić information content (AvgIpc) is 2.90. The highest BCUT2D eigenvalue weighted by Crippen LogP contribution is 2.31. The van der Waals surface area contributed by atoms with Crippen molar-refractivity contribution in [1.82, 2.24) is 10.6 Å². The molecule has 1 aliphatic heterocycles. The van der Waals surface area contributed by atoms with Crippen molar-refractivity contribution in [2.75, 3.05) is 18.6 Å². The standard InChI is InChI=1S/C15H20ClFN2O2S/c1-9(8-22-2)18-15(20)19-13-5-6-21-14(13)10-3-4-11(16)12(17)7-10/h3-4,7,9,13-14H,5-6,8H2,1-2H3,(H2,18,19,20)/t9?,13-,14+/m1/s1. The molecule has 0 saturated carbocycles. The molecule has 0 aliphatic carbocycles. The van der Waals surface area contributed by atoms with Crippen LogP contribution in [0.3, 0.4) is 0 Å². The maximum atomic E-state index is 13.6. The minimum Gasteiger partial charge on any atom is -0.371 e. The van der Waals surface area contributed by atoms with Crippen LogP contribution in [-0.4, -0.2) is 36.7 Å². The van der Waals surface area contributed by atoms with Crippen molar-refractivity contribution in [3.63, 3.8) is 0 Å². The molecular formula is C15H20ClFN2O2S. The molecule has 2 N–H and O–H groups in total. The van der Waals surface area contributed by atoms with Gasteiger partial charge in [0.15, 0.2) is 0 Å². The Hall–Kier alpha value is -0.980. The second-order valence-electron chi connectivity index (χ2n) is 5.33. The molecule has 1 unspecified atom stereocenters. The zero-order valence-electron chi connectivity index (χ0n) is 12.6.